The molecule has 8 rings (SSSR count). The Morgan fingerprint density at radius 1 is 0.471 bits per heavy atom. The number of benzene rings is 5. The maximum absolute atomic E-state index is 6.27. The summed E-state index contributed by atoms with van der Waals surface area (Å²) in [6.07, 6.45) is 3.74. The third-order valence-electron chi connectivity index (χ3n) is 6.92. The smallest absolute Gasteiger partial charge is 0.136 e. The van der Waals surface area contributed by atoms with Gasteiger partial charge in [0.1, 0.15) is 22.3 Å². The van der Waals surface area contributed by atoms with Crippen LogP contribution in [0.5, 0.6) is 0 Å². The normalized spacial score (nSPS) is 12.1. The van der Waals surface area contributed by atoms with Gasteiger partial charge in [0, 0.05) is 39.5 Å². The zero-order chi connectivity index (χ0) is 22.2. The molecule has 0 spiro atoms. The van der Waals surface area contributed by atoms with Gasteiger partial charge < -0.3 is 8.83 Å². The molecule has 0 amide bonds. The van der Waals surface area contributed by atoms with Crippen LogP contribution in [-0.4, -0.2) is 4.98 Å². The van der Waals surface area contributed by atoms with E-state index in [0.717, 1.165) is 65.8 Å². The monoisotopic (exact) mass is 435 g/mol. The molecule has 3 nitrogen and oxygen atoms in total. The standard InChI is InChI=1S/C31H17NO2/c1-3-9-28-20(7-1)26-14-23-19(13-30(26)33-28)12-22(18-6-5-11-32-17-18)24-15-27-21-8-2-4-10-29(21)34-31(27)16-25(23)24/h1-17H. The van der Waals surface area contributed by atoms with Gasteiger partial charge in [-0.1, -0.05) is 42.5 Å². The molecular formula is C31H17NO2. The zero-order valence-electron chi connectivity index (χ0n) is 18.1. The molecule has 0 saturated heterocycles. The van der Waals surface area contributed by atoms with E-state index >= 15 is 0 Å². The number of para-hydroxylation sites is 2. The lowest BCUT2D eigenvalue weighted by molar-refractivity contribution is 0.669. The molecule has 0 unspecified atom stereocenters. The number of hydrogen-bond acceptors (Lipinski definition) is 3. The fourth-order valence-electron chi connectivity index (χ4n) is 5.35. The van der Waals surface area contributed by atoms with Crippen molar-refractivity contribution in [3.63, 3.8) is 0 Å². The van der Waals surface area contributed by atoms with Crippen molar-refractivity contribution < 1.29 is 8.83 Å². The Labute approximate surface area is 193 Å². The summed E-state index contributed by atoms with van der Waals surface area (Å²) in [4.78, 5) is 4.39. The Hall–Kier alpha value is -4.63. The first-order valence-electron chi connectivity index (χ1n) is 11.4. The molecule has 34 heavy (non-hydrogen) atoms. The molecule has 3 heterocycles. The van der Waals surface area contributed by atoms with Gasteiger partial charge in [-0.15, -0.1) is 0 Å². The predicted octanol–water partition coefficient (Wildman–Crippen LogP) is 8.85. The molecule has 0 saturated carbocycles. The summed E-state index contributed by atoms with van der Waals surface area (Å²) in [7, 11) is 0. The largest absolute Gasteiger partial charge is 0.456 e. The van der Waals surface area contributed by atoms with Crippen molar-refractivity contribution in [3.8, 4) is 11.1 Å². The van der Waals surface area contributed by atoms with Gasteiger partial charge in [-0.05, 0) is 75.6 Å². The van der Waals surface area contributed by atoms with E-state index < -0.39 is 0 Å². The number of pyridine rings is 1. The molecule has 0 aliphatic heterocycles. The molecule has 0 atom stereocenters. The maximum atomic E-state index is 6.27. The second-order valence-electron chi connectivity index (χ2n) is 8.83. The lowest BCUT2D eigenvalue weighted by atomic mass is 9.92. The van der Waals surface area contributed by atoms with Crippen LogP contribution >= 0.6 is 0 Å². The van der Waals surface area contributed by atoms with Crippen LogP contribution in [0, 0.1) is 0 Å². The molecule has 3 aromatic heterocycles. The van der Waals surface area contributed by atoms with E-state index in [4.69, 9.17) is 8.83 Å². The topological polar surface area (TPSA) is 39.2 Å². The first-order valence-corrected chi connectivity index (χ1v) is 11.4. The first kappa shape index (κ1) is 17.9. The molecule has 0 bridgehead atoms. The highest BCUT2D eigenvalue weighted by Gasteiger charge is 2.16. The summed E-state index contributed by atoms with van der Waals surface area (Å²) in [6, 6.07) is 31.7. The Bertz CT molecular complexity index is 2060. The number of aromatic nitrogens is 1. The Morgan fingerprint density at radius 2 is 1.15 bits per heavy atom. The Morgan fingerprint density at radius 3 is 1.85 bits per heavy atom. The molecular weight excluding hydrogens is 418 g/mol. The van der Waals surface area contributed by atoms with Crippen LogP contribution in [0.3, 0.4) is 0 Å². The first-order chi connectivity index (χ1) is 16.8. The third-order valence-corrected chi connectivity index (χ3v) is 6.92. The van der Waals surface area contributed by atoms with E-state index in [1.54, 1.807) is 0 Å². The highest BCUT2D eigenvalue weighted by atomic mass is 16.3. The van der Waals surface area contributed by atoms with Gasteiger partial charge in [-0.25, -0.2) is 0 Å². The highest BCUT2D eigenvalue weighted by molar-refractivity contribution is 6.23. The second kappa shape index (κ2) is 6.46. The molecule has 0 radical (unpaired) electrons. The molecule has 158 valence electrons. The Balaban J connectivity index is 1.59. The van der Waals surface area contributed by atoms with E-state index in [1.807, 2.05) is 42.7 Å². The quantitative estimate of drug-likeness (QED) is 0.242. The number of fused-ring (bicyclic) bond motifs is 9. The molecule has 0 aliphatic rings. The van der Waals surface area contributed by atoms with E-state index in [1.165, 1.54) is 10.8 Å². The average molecular weight is 435 g/mol. The van der Waals surface area contributed by atoms with Gasteiger partial charge in [0.05, 0.1) is 0 Å². The zero-order valence-corrected chi connectivity index (χ0v) is 18.1. The van der Waals surface area contributed by atoms with Crippen LogP contribution in [0.4, 0.5) is 0 Å². The van der Waals surface area contributed by atoms with Crippen molar-refractivity contribution in [2.45, 2.75) is 0 Å². The van der Waals surface area contributed by atoms with E-state index in [9.17, 15) is 0 Å². The lowest BCUT2D eigenvalue weighted by Crippen LogP contribution is -1.86. The summed E-state index contributed by atoms with van der Waals surface area (Å²) >= 11 is 0. The molecule has 8 aromatic rings. The van der Waals surface area contributed by atoms with Crippen molar-refractivity contribution in [2.24, 2.45) is 0 Å². The number of rotatable bonds is 1. The highest BCUT2D eigenvalue weighted by Crippen LogP contribution is 2.42. The summed E-state index contributed by atoms with van der Waals surface area (Å²) in [5, 5.41) is 9.19. The number of nitrogens with zero attached hydrogens (tertiary/aromatic N) is 1. The van der Waals surface area contributed by atoms with Crippen LogP contribution in [0.25, 0.3) is 76.5 Å². The summed E-state index contributed by atoms with van der Waals surface area (Å²) < 4.78 is 12.5. The lowest BCUT2D eigenvalue weighted by Gasteiger charge is -2.11. The van der Waals surface area contributed by atoms with E-state index in [-0.39, 0.29) is 0 Å². The van der Waals surface area contributed by atoms with Gasteiger partial charge in [-0.3, -0.25) is 4.98 Å². The Kier molecular flexibility index (Phi) is 3.39. The second-order valence-corrected chi connectivity index (χ2v) is 8.83. The fourth-order valence-corrected chi connectivity index (χ4v) is 5.35. The molecule has 3 heteroatoms. The van der Waals surface area contributed by atoms with Gasteiger partial charge in [0.15, 0.2) is 0 Å². The fraction of sp³-hybridized carbons (Fsp3) is 0. The molecule has 0 N–H and O–H groups in total. The van der Waals surface area contributed by atoms with Crippen LogP contribution in [0.2, 0.25) is 0 Å². The minimum atomic E-state index is 0.898. The van der Waals surface area contributed by atoms with Crippen LogP contribution < -0.4 is 0 Å². The predicted molar refractivity (Wildman–Crippen MR) is 139 cm³/mol. The van der Waals surface area contributed by atoms with Gasteiger partial charge >= 0.3 is 0 Å². The van der Waals surface area contributed by atoms with Crippen molar-refractivity contribution in [1.29, 1.82) is 0 Å². The molecule has 0 fully saturated rings. The van der Waals surface area contributed by atoms with E-state index in [0.29, 0.717) is 0 Å². The van der Waals surface area contributed by atoms with Gasteiger partial charge in [0.2, 0.25) is 0 Å². The number of furan rings is 2. The van der Waals surface area contributed by atoms with Crippen molar-refractivity contribution in [3.05, 3.63) is 103 Å². The van der Waals surface area contributed by atoms with Crippen molar-refractivity contribution in [1.82, 2.24) is 4.98 Å². The van der Waals surface area contributed by atoms with Crippen LogP contribution in [0.15, 0.2) is 112 Å². The van der Waals surface area contributed by atoms with Crippen molar-refractivity contribution in [2.75, 3.05) is 0 Å². The van der Waals surface area contributed by atoms with Gasteiger partial charge in [0.25, 0.3) is 0 Å². The van der Waals surface area contributed by atoms with Crippen LogP contribution in [-0.2, 0) is 0 Å². The number of hydrogen-bond donors (Lipinski definition) is 0. The van der Waals surface area contributed by atoms with E-state index in [2.05, 4.69) is 65.6 Å². The minimum Gasteiger partial charge on any atom is -0.456 e. The maximum Gasteiger partial charge on any atom is 0.136 e. The summed E-state index contributed by atoms with van der Waals surface area (Å²) in [5.74, 6) is 0. The summed E-state index contributed by atoms with van der Waals surface area (Å²) in [6.45, 7) is 0. The minimum absolute atomic E-state index is 0.898. The third kappa shape index (κ3) is 2.38. The van der Waals surface area contributed by atoms with Crippen LogP contribution in [0.1, 0.15) is 0 Å². The SMILES string of the molecule is c1cncc(-c2cc3cc4oc5ccccc5c4cc3c3cc4oc5ccccc5c4cc23)c1. The molecule has 0 aliphatic carbocycles. The van der Waals surface area contributed by atoms with Crippen molar-refractivity contribution >= 4 is 65.4 Å². The van der Waals surface area contributed by atoms with Gasteiger partial charge in [-0.2, -0.15) is 0 Å². The molecule has 5 aromatic carbocycles. The average Bonchev–Trinajstić information content (AvgIpc) is 3.43. The summed E-state index contributed by atoms with van der Waals surface area (Å²) in [5.41, 5.74) is 5.85.